The fourth-order valence-corrected chi connectivity index (χ4v) is 4.21. The summed E-state index contributed by atoms with van der Waals surface area (Å²) >= 11 is 6.26. The average molecular weight is 418 g/mol. The van der Waals surface area contributed by atoms with Crippen LogP contribution in [-0.4, -0.2) is 42.5 Å². The molecule has 1 fully saturated rings. The number of nitrogens with zero attached hydrogens (tertiary/aromatic N) is 3. The Labute approximate surface area is 178 Å². The van der Waals surface area contributed by atoms with Crippen LogP contribution < -0.4 is 10.6 Å². The van der Waals surface area contributed by atoms with Gasteiger partial charge in [0.05, 0.1) is 5.69 Å². The lowest BCUT2D eigenvalue weighted by Gasteiger charge is -2.40. The van der Waals surface area contributed by atoms with Crippen molar-refractivity contribution >= 4 is 17.6 Å². The minimum Gasteiger partial charge on any atom is -0.444 e. The SMILES string of the molecule is CCNC(=NCc1nc(C)c(C)o1)NCC1CCCN(C)C1c1cccc(Cl)c1. The number of guanidine groups is 1. The third kappa shape index (κ3) is 5.73. The lowest BCUT2D eigenvalue weighted by atomic mass is 9.85. The largest absolute Gasteiger partial charge is 0.444 e. The maximum atomic E-state index is 6.26. The van der Waals surface area contributed by atoms with Crippen molar-refractivity contribution < 1.29 is 4.42 Å². The topological polar surface area (TPSA) is 65.7 Å². The summed E-state index contributed by atoms with van der Waals surface area (Å²) in [5.74, 6) is 2.76. The molecule has 0 radical (unpaired) electrons. The van der Waals surface area contributed by atoms with E-state index in [9.17, 15) is 0 Å². The first-order valence-corrected chi connectivity index (χ1v) is 10.8. The van der Waals surface area contributed by atoms with Crippen LogP contribution in [0.2, 0.25) is 5.02 Å². The minimum absolute atomic E-state index is 0.342. The third-order valence-corrected chi connectivity index (χ3v) is 5.75. The van der Waals surface area contributed by atoms with Gasteiger partial charge in [-0.1, -0.05) is 23.7 Å². The fourth-order valence-electron chi connectivity index (χ4n) is 4.01. The van der Waals surface area contributed by atoms with Gasteiger partial charge in [-0.2, -0.15) is 0 Å². The minimum atomic E-state index is 0.342. The van der Waals surface area contributed by atoms with Crippen molar-refractivity contribution in [1.29, 1.82) is 0 Å². The van der Waals surface area contributed by atoms with E-state index in [-0.39, 0.29) is 0 Å². The molecular formula is C22H32ClN5O. The number of aliphatic imine (C=N–C) groups is 1. The highest BCUT2D eigenvalue weighted by Gasteiger charge is 2.30. The highest BCUT2D eigenvalue weighted by molar-refractivity contribution is 6.30. The molecule has 0 saturated carbocycles. The summed E-state index contributed by atoms with van der Waals surface area (Å²) in [5.41, 5.74) is 2.20. The van der Waals surface area contributed by atoms with E-state index in [1.165, 1.54) is 18.4 Å². The Bertz CT molecular complexity index is 815. The first-order valence-electron chi connectivity index (χ1n) is 10.4. The quantitative estimate of drug-likeness (QED) is 0.547. The van der Waals surface area contributed by atoms with Gasteiger partial charge in [-0.05, 0) is 70.8 Å². The lowest BCUT2D eigenvalue weighted by Crippen LogP contribution is -2.45. The molecule has 2 heterocycles. The van der Waals surface area contributed by atoms with Crippen molar-refractivity contribution in [3.8, 4) is 0 Å². The second kappa shape index (κ2) is 10.1. The first-order chi connectivity index (χ1) is 14.0. The van der Waals surface area contributed by atoms with Gasteiger partial charge >= 0.3 is 0 Å². The van der Waals surface area contributed by atoms with Crippen LogP contribution in [0.1, 0.15) is 48.7 Å². The van der Waals surface area contributed by atoms with E-state index in [4.69, 9.17) is 16.0 Å². The molecule has 158 valence electrons. The van der Waals surface area contributed by atoms with Gasteiger partial charge in [-0.25, -0.2) is 9.98 Å². The van der Waals surface area contributed by atoms with Crippen LogP contribution in [0.15, 0.2) is 33.7 Å². The number of aryl methyl sites for hydroxylation is 2. The normalized spacial score (nSPS) is 20.7. The summed E-state index contributed by atoms with van der Waals surface area (Å²) in [7, 11) is 2.20. The molecule has 29 heavy (non-hydrogen) atoms. The summed E-state index contributed by atoms with van der Waals surface area (Å²) in [6.07, 6.45) is 2.37. The van der Waals surface area contributed by atoms with Crippen molar-refractivity contribution in [2.75, 3.05) is 26.7 Å². The van der Waals surface area contributed by atoms with Gasteiger partial charge in [0.25, 0.3) is 0 Å². The van der Waals surface area contributed by atoms with Crippen LogP contribution in [-0.2, 0) is 6.54 Å². The van der Waals surface area contributed by atoms with Gasteiger partial charge in [0.2, 0.25) is 5.89 Å². The molecule has 2 atom stereocenters. The van der Waals surface area contributed by atoms with E-state index < -0.39 is 0 Å². The number of oxazole rings is 1. The first kappa shape index (κ1) is 21.7. The molecule has 0 aliphatic carbocycles. The van der Waals surface area contributed by atoms with Gasteiger partial charge in [-0.3, -0.25) is 4.90 Å². The molecule has 0 bridgehead atoms. The van der Waals surface area contributed by atoms with Crippen molar-refractivity contribution in [1.82, 2.24) is 20.5 Å². The number of halogens is 1. The van der Waals surface area contributed by atoms with Crippen molar-refractivity contribution in [2.45, 2.75) is 46.2 Å². The number of piperidine rings is 1. The zero-order chi connectivity index (χ0) is 20.8. The Morgan fingerprint density at radius 2 is 2.17 bits per heavy atom. The maximum Gasteiger partial charge on any atom is 0.216 e. The molecule has 1 aromatic heterocycles. The summed E-state index contributed by atoms with van der Waals surface area (Å²) in [4.78, 5) is 11.5. The predicted octanol–water partition coefficient (Wildman–Crippen LogP) is 4.08. The zero-order valence-electron chi connectivity index (χ0n) is 17.8. The number of hydrogen-bond donors (Lipinski definition) is 2. The molecule has 2 aromatic rings. The van der Waals surface area contributed by atoms with Crippen LogP contribution in [0.3, 0.4) is 0 Å². The molecule has 1 aliphatic heterocycles. The molecule has 0 amide bonds. The third-order valence-electron chi connectivity index (χ3n) is 5.52. The van der Waals surface area contributed by atoms with Crippen molar-refractivity contribution in [2.24, 2.45) is 10.9 Å². The second-order valence-electron chi connectivity index (χ2n) is 7.71. The molecule has 2 N–H and O–H groups in total. The summed E-state index contributed by atoms with van der Waals surface area (Å²) in [5, 5.41) is 7.64. The highest BCUT2D eigenvalue weighted by atomic mass is 35.5. The highest BCUT2D eigenvalue weighted by Crippen LogP contribution is 2.35. The average Bonchev–Trinajstić information content (AvgIpc) is 3.01. The number of rotatable bonds is 6. The summed E-state index contributed by atoms with van der Waals surface area (Å²) in [6, 6.07) is 8.58. The Morgan fingerprint density at radius 1 is 1.34 bits per heavy atom. The van der Waals surface area contributed by atoms with Crippen LogP contribution >= 0.6 is 11.6 Å². The van der Waals surface area contributed by atoms with Crippen molar-refractivity contribution in [3.63, 3.8) is 0 Å². The number of nitrogens with one attached hydrogen (secondary N) is 2. The molecule has 6 nitrogen and oxygen atoms in total. The lowest BCUT2D eigenvalue weighted by molar-refractivity contribution is 0.122. The van der Waals surface area contributed by atoms with Gasteiger partial charge in [0, 0.05) is 24.2 Å². The van der Waals surface area contributed by atoms with Gasteiger partial charge in [-0.15, -0.1) is 0 Å². The van der Waals surface area contributed by atoms with E-state index in [1.807, 2.05) is 26.0 Å². The molecule has 2 unspecified atom stereocenters. The van der Waals surface area contributed by atoms with E-state index in [2.05, 4.69) is 51.6 Å². The van der Waals surface area contributed by atoms with E-state index in [0.717, 1.165) is 42.1 Å². The van der Waals surface area contributed by atoms with Crippen LogP contribution in [0.5, 0.6) is 0 Å². The van der Waals surface area contributed by atoms with Gasteiger partial charge in [0.1, 0.15) is 12.3 Å². The number of likely N-dealkylation sites (tertiary alicyclic amines) is 1. The smallest absolute Gasteiger partial charge is 0.216 e. The molecule has 3 rings (SSSR count). The number of hydrogen-bond acceptors (Lipinski definition) is 4. The Morgan fingerprint density at radius 3 is 2.86 bits per heavy atom. The summed E-state index contributed by atoms with van der Waals surface area (Å²) < 4.78 is 5.64. The van der Waals surface area contributed by atoms with Gasteiger partial charge < -0.3 is 15.1 Å². The fraction of sp³-hybridized carbons (Fsp3) is 0.545. The Kier molecular flexibility index (Phi) is 7.56. The predicted molar refractivity (Wildman–Crippen MR) is 118 cm³/mol. The second-order valence-corrected chi connectivity index (χ2v) is 8.14. The van der Waals surface area contributed by atoms with E-state index >= 15 is 0 Å². The van der Waals surface area contributed by atoms with Crippen LogP contribution in [0, 0.1) is 19.8 Å². The number of aromatic nitrogens is 1. The molecule has 1 aromatic carbocycles. The van der Waals surface area contributed by atoms with Crippen LogP contribution in [0.4, 0.5) is 0 Å². The molecule has 1 saturated heterocycles. The zero-order valence-corrected chi connectivity index (χ0v) is 18.6. The van der Waals surface area contributed by atoms with E-state index in [0.29, 0.717) is 24.4 Å². The maximum absolute atomic E-state index is 6.26. The molecule has 0 spiro atoms. The Hall–Kier alpha value is -2.05. The van der Waals surface area contributed by atoms with Crippen molar-refractivity contribution in [3.05, 3.63) is 52.2 Å². The van der Waals surface area contributed by atoms with E-state index in [1.54, 1.807) is 0 Å². The monoisotopic (exact) mass is 417 g/mol. The summed E-state index contributed by atoms with van der Waals surface area (Å²) in [6.45, 7) is 9.12. The van der Waals surface area contributed by atoms with Crippen LogP contribution in [0.25, 0.3) is 0 Å². The Balaban J connectivity index is 1.68. The number of benzene rings is 1. The van der Waals surface area contributed by atoms with Gasteiger partial charge in [0.15, 0.2) is 5.96 Å². The standard InChI is InChI=1S/C22H32ClN5O/c1-5-24-22(26-14-20-27-15(2)16(3)29-20)25-13-18-9-7-11-28(4)21(18)17-8-6-10-19(23)12-17/h6,8,10,12,18,21H,5,7,9,11,13-14H2,1-4H3,(H2,24,25,26). The molecule has 1 aliphatic rings. The molecule has 7 heteroatoms. The molecular weight excluding hydrogens is 386 g/mol.